The summed E-state index contributed by atoms with van der Waals surface area (Å²) in [6.45, 7) is 3.68. The number of imide groups is 1. The Morgan fingerprint density at radius 1 is 1.43 bits per heavy atom. The van der Waals surface area contributed by atoms with Crippen LogP contribution in [0.2, 0.25) is 0 Å². The van der Waals surface area contributed by atoms with Gasteiger partial charge in [0.25, 0.3) is 11.8 Å². The van der Waals surface area contributed by atoms with Crippen LogP contribution in [0.3, 0.4) is 0 Å². The highest BCUT2D eigenvalue weighted by Crippen LogP contribution is 2.33. The van der Waals surface area contributed by atoms with E-state index in [0.29, 0.717) is 11.5 Å². The molecule has 1 aliphatic carbocycles. The smallest absolute Gasteiger partial charge is 0.256 e. The molecular weight excluding hydrogens is 178 g/mol. The van der Waals surface area contributed by atoms with Crippen molar-refractivity contribution in [2.45, 2.75) is 39.2 Å². The van der Waals surface area contributed by atoms with Crippen LogP contribution in [0.1, 0.15) is 33.1 Å². The Balaban J connectivity index is 2.11. The summed E-state index contributed by atoms with van der Waals surface area (Å²) < 4.78 is 0. The second kappa shape index (κ2) is 3.23. The normalized spacial score (nSPS) is 25.0. The van der Waals surface area contributed by atoms with Gasteiger partial charge in [-0.3, -0.25) is 14.5 Å². The zero-order valence-electron chi connectivity index (χ0n) is 8.62. The maximum atomic E-state index is 11.6. The molecule has 0 bridgehead atoms. The predicted octanol–water partition coefficient (Wildman–Crippen LogP) is 1.49. The summed E-state index contributed by atoms with van der Waals surface area (Å²) in [5.74, 6) is 0.295. The number of nitrogens with zero attached hydrogens (tertiary/aromatic N) is 1. The number of carbonyl (C=O) groups is 2. The number of hydrogen-bond donors (Lipinski definition) is 0. The molecule has 0 spiro atoms. The Morgan fingerprint density at radius 3 is 2.43 bits per heavy atom. The second-order valence-corrected chi connectivity index (χ2v) is 4.27. The standard InChI is InChI=1S/C11H15NO2/c1-7-6-10(13)12(11(7)14)8(2)9-4-3-5-9/h6,8-9H,3-5H2,1-2H3. The van der Waals surface area contributed by atoms with E-state index in [9.17, 15) is 9.59 Å². The molecule has 1 fully saturated rings. The van der Waals surface area contributed by atoms with Gasteiger partial charge in [0.15, 0.2) is 0 Å². The fourth-order valence-corrected chi connectivity index (χ4v) is 2.13. The van der Waals surface area contributed by atoms with Crippen LogP contribution in [0, 0.1) is 5.92 Å². The van der Waals surface area contributed by atoms with Gasteiger partial charge < -0.3 is 0 Å². The lowest BCUT2D eigenvalue weighted by Gasteiger charge is -2.36. The first-order valence-corrected chi connectivity index (χ1v) is 5.17. The van der Waals surface area contributed by atoms with E-state index in [1.807, 2.05) is 6.92 Å². The van der Waals surface area contributed by atoms with Crippen molar-refractivity contribution in [1.29, 1.82) is 0 Å². The first-order chi connectivity index (χ1) is 6.61. The molecule has 3 nitrogen and oxygen atoms in total. The van der Waals surface area contributed by atoms with E-state index in [-0.39, 0.29) is 17.9 Å². The van der Waals surface area contributed by atoms with Gasteiger partial charge in [0.05, 0.1) is 0 Å². The summed E-state index contributed by atoms with van der Waals surface area (Å²) in [7, 11) is 0. The third-order valence-electron chi connectivity index (χ3n) is 3.37. The van der Waals surface area contributed by atoms with Crippen molar-refractivity contribution >= 4 is 11.8 Å². The number of amides is 2. The maximum Gasteiger partial charge on any atom is 0.256 e. The summed E-state index contributed by atoms with van der Waals surface area (Å²) in [5.41, 5.74) is 0.571. The van der Waals surface area contributed by atoms with Crippen molar-refractivity contribution in [3.8, 4) is 0 Å². The van der Waals surface area contributed by atoms with Gasteiger partial charge in [-0.2, -0.15) is 0 Å². The van der Waals surface area contributed by atoms with Crippen molar-refractivity contribution in [3.05, 3.63) is 11.6 Å². The van der Waals surface area contributed by atoms with Gasteiger partial charge in [0.1, 0.15) is 0 Å². The van der Waals surface area contributed by atoms with Crippen LogP contribution in [-0.4, -0.2) is 22.8 Å². The zero-order chi connectivity index (χ0) is 10.3. The topological polar surface area (TPSA) is 37.4 Å². The van der Waals surface area contributed by atoms with Gasteiger partial charge in [-0.25, -0.2) is 0 Å². The van der Waals surface area contributed by atoms with Crippen molar-refractivity contribution < 1.29 is 9.59 Å². The number of hydrogen-bond acceptors (Lipinski definition) is 2. The molecule has 2 amide bonds. The van der Waals surface area contributed by atoms with Crippen LogP contribution in [-0.2, 0) is 9.59 Å². The fraction of sp³-hybridized carbons (Fsp3) is 0.636. The molecule has 0 aromatic rings. The number of carbonyl (C=O) groups excluding carboxylic acids is 2. The Bertz CT molecular complexity index is 315. The average Bonchev–Trinajstić information content (AvgIpc) is 2.23. The lowest BCUT2D eigenvalue weighted by atomic mass is 9.80. The molecule has 76 valence electrons. The molecule has 1 aliphatic heterocycles. The molecule has 14 heavy (non-hydrogen) atoms. The molecular formula is C11H15NO2. The summed E-state index contributed by atoms with van der Waals surface area (Å²) >= 11 is 0. The molecule has 0 aromatic heterocycles. The van der Waals surface area contributed by atoms with E-state index >= 15 is 0 Å². The van der Waals surface area contributed by atoms with Crippen molar-refractivity contribution in [2.75, 3.05) is 0 Å². The largest absolute Gasteiger partial charge is 0.272 e. The minimum Gasteiger partial charge on any atom is -0.272 e. The van der Waals surface area contributed by atoms with Crippen LogP contribution in [0.25, 0.3) is 0 Å². The summed E-state index contributed by atoms with van der Waals surface area (Å²) in [5, 5.41) is 0. The van der Waals surface area contributed by atoms with Crippen LogP contribution in [0.5, 0.6) is 0 Å². The molecule has 1 atom stereocenters. The van der Waals surface area contributed by atoms with E-state index < -0.39 is 0 Å². The lowest BCUT2D eigenvalue weighted by molar-refractivity contribution is -0.141. The highest BCUT2D eigenvalue weighted by Gasteiger charge is 2.37. The Kier molecular flexibility index (Phi) is 2.17. The highest BCUT2D eigenvalue weighted by atomic mass is 16.2. The van der Waals surface area contributed by atoms with Crippen molar-refractivity contribution in [2.24, 2.45) is 5.92 Å². The molecule has 1 heterocycles. The number of rotatable bonds is 2. The molecule has 1 saturated carbocycles. The molecule has 0 N–H and O–H groups in total. The van der Waals surface area contributed by atoms with Gasteiger partial charge >= 0.3 is 0 Å². The third-order valence-corrected chi connectivity index (χ3v) is 3.37. The SMILES string of the molecule is CC1=CC(=O)N(C(C)C2CCC2)C1=O. The first kappa shape index (κ1) is 9.44. The third kappa shape index (κ3) is 1.27. The second-order valence-electron chi connectivity index (χ2n) is 4.27. The summed E-state index contributed by atoms with van der Waals surface area (Å²) in [4.78, 5) is 24.6. The molecule has 2 rings (SSSR count). The van der Waals surface area contributed by atoms with Crippen LogP contribution >= 0.6 is 0 Å². The van der Waals surface area contributed by atoms with Gasteiger partial charge in [-0.15, -0.1) is 0 Å². The molecule has 0 saturated heterocycles. The maximum absolute atomic E-state index is 11.6. The van der Waals surface area contributed by atoms with Crippen molar-refractivity contribution in [3.63, 3.8) is 0 Å². The summed E-state index contributed by atoms with van der Waals surface area (Å²) in [6.07, 6.45) is 4.98. The van der Waals surface area contributed by atoms with E-state index in [0.717, 1.165) is 12.8 Å². The quantitative estimate of drug-likeness (QED) is 0.623. The van der Waals surface area contributed by atoms with Crippen LogP contribution < -0.4 is 0 Å². The first-order valence-electron chi connectivity index (χ1n) is 5.17. The minimum atomic E-state index is -0.133. The molecule has 0 aromatic carbocycles. The van der Waals surface area contributed by atoms with Gasteiger partial charge in [0, 0.05) is 17.7 Å². The van der Waals surface area contributed by atoms with E-state index in [2.05, 4.69) is 0 Å². The van der Waals surface area contributed by atoms with Gasteiger partial charge in [-0.05, 0) is 32.6 Å². The Morgan fingerprint density at radius 2 is 2.07 bits per heavy atom. The molecule has 0 radical (unpaired) electrons. The van der Waals surface area contributed by atoms with E-state index in [4.69, 9.17) is 0 Å². The van der Waals surface area contributed by atoms with E-state index in [1.54, 1.807) is 6.92 Å². The fourth-order valence-electron chi connectivity index (χ4n) is 2.13. The Hall–Kier alpha value is -1.12. The van der Waals surface area contributed by atoms with Crippen molar-refractivity contribution in [1.82, 2.24) is 4.90 Å². The minimum absolute atomic E-state index is 0.0810. The lowest BCUT2D eigenvalue weighted by Crippen LogP contribution is -2.45. The Labute approximate surface area is 83.8 Å². The van der Waals surface area contributed by atoms with Crippen LogP contribution in [0.15, 0.2) is 11.6 Å². The monoisotopic (exact) mass is 193 g/mol. The van der Waals surface area contributed by atoms with Gasteiger partial charge in [-0.1, -0.05) is 6.42 Å². The average molecular weight is 193 g/mol. The molecule has 3 heteroatoms. The van der Waals surface area contributed by atoms with Gasteiger partial charge in [0.2, 0.25) is 0 Å². The van der Waals surface area contributed by atoms with E-state index in [1.165, 1.54) is 17.4 Å². The predicted molar refractivity (Wildman–Crippen MR) is 52.4 cm³/mol. The highest BCUT2D eigenvalue weighted by molar-refractivity contribution is 6.16. The molecule has 1 unspecified atom stereocenters. The molecule has 2 aliphatic rings. The summed E-state index contributed by atoms with van der Waals surface area (Å²) in [6, 6.07) is 0.0810. The van der Waals surface area contributed by atoms with Crippen LogP contribution in [0.4, 0.5) is 0 Å². The zero-order valence-corrected chi connectivity index (χ0v) is 8.62.